The highest BCUT2D eigenvalue weighted by Crippen LogP contribution is 2.36. The molecule has 2 aromatic carbocycles. The van der Waals surface area contributed by atoms with Gasteiger partial charge in [-0.3, -0.25) is 4.79 Å². The molecular weight excluding hydrogens is 438 g/mol. The molecule has 2 aromatic heterocycles. The van der Waals surface area contributed by atoms with Crippen molar-refractivity contribution in [2.24, 2.45) is 0 Å². The van der Waals surface area contributed by atoms with Crippen LogP contribution in [0.1, 0.15) is 18.9 Å². The number of anilines is 1. The Morgan fingerprint density at radius 2 is 1.97 bits per heavy atom. The van der Waals surface area contributed by atoms with Gasteiger partial charge in [-0.1, -0.05) is 35.5 Å². The molecule has 1 saturated carbocycles. The van der Waals surface area contributed by atoms with Crippen LogP contribution in [-0.2, 0) is 4.79 Å². The zero-order valence-electron chi connectivity index (χ0n) is 16.1. The first-order valence-corrected chi connectivity index (χ1v) is 10.9. The van der Waals surface area contributed by atoms with E-state index in [-0.39, 0.29) is 11.7 Å². The van der Waals surface area contributed by atoms with Gasteiger partial charge in [0.15, 0.2) is 5.82 Å². The van der Waals surface area contributed by atoms with Gasteiger partial charge in [-0.05, 0) is 59.7 Å². The summed E-state index contributed by atoms with van der Waals surface area (Å²) in [6.45, 7) is 0. The van der Waals surface area contributed by atoms with Gasteiger partial charge in [0, 0.05) is 21.8 Å². The second-order valence-electron chi connectivity index (χ2n) is 6.98. The van der Waals surface area contributed by atoms with Crippen LogP contribution >= 0.6 is 23.4 Å². The van der Waals surface area contributed by atoms with Crippen molar-refractivity contribution in [2.45, 2.75) is 24.1 Å². The highest BCUT2D eigenvalue weighted by atomic mass is 35.5. The number of thioether (sulfide) groups is 1. The Morgan fingerprint density at radius 1 is 1.13 bits per heavy atom. The summed E-state index contributed by atoms with van der Waals surface area (Å²) in [6.07, 6.45) is 2.17. The molecule has 1 aliphatic rings. The normalized spacial score (nSPS) is 13.3. The second kappa shape index (κ2) is 8.48. The number of aromatic nitrogens is 6. The van der Waals surface area contributed by atoms with Crippen molar-refractivity contribution in [1.82, 2.24) is 30.4 Å². The summed E-state index contributed by atoms with van der Waals surface area (Å²) in [5.74, 6) is 1.02. The molecule has 9 nitrogen and oxygen atoms in total. The smallest absolute Gasteiger partial charge is 0.277 e. The van der Waals surface area contributed by atoms with E-state index in [0.717, 1.165) is 24.0 Å². The summed E-state index contributed by atoms with van der Waals surface area (Å²) in [6, 6.07) is 14.9. The number of tetrazole rings is 1. The van der Waals surface area contributed by atoms with Gasteiger partial charge in [-0.15, -0.1) is 15.3 Å². The highest BCUT2D eigenvalue weighted by Gasteiger charge is 2.28. The number of carbonyl (C=O) groups excluding carboxylic acids is 1. The molecular formula is C20H16ClN7O2S. The number of nitrogens with one attached hydrogen (secondary N) is 1. The second-order valence-corrected chi connectivity index (χ2v) is 8.34. The van der Waals surface area contributed by atoms with E-state index >= 15 is 0 Å². The zero-order chi connectivity index (χ0) is 21.2. The Hall–Kier alpha value is -3.24. The average Bonchev–Trinajstić information content (AvgIpc) is 3.31. The molecule has 11 heteroatoms. The number of nitrogens with zero attached hydrogens (tertiary/aromatic N) is 6. The van der Waals surface area contributed by atoms with Gasteiger partial charge in [0.25, 0.3) is 5.22 Å². The number of amides is 1. The number of carbonyl (C=O) groups is 1. The predicted octanol–water partition coefficient (Wildman–Crippen LogP) is 4.11. The van der Waals surface area contributed by atoms with E-state index < -0.39 is 0 Å². The third-order valence-corrected chi connectivity index (χ3v) is 5.68. The molecule has 0 atom stereocenters. The molecule has 1 amide bonds. The maximum Gasteiger partial charge on any atom is 0.277 e. The summed E-state index contributed by atoms with van der Waals surface area (Å²) in [5, 5.41) is 23.8. The van der Waals surface area contributed by atoms with Gasteiger partial charge in [0.05, 0.1) is 11.8 Å². The van der Waals surface area contributed by atoms with Crippen LogP contribution in [0.3, 0.4) is 0 Å². The first-order valence-electron chi connectivity index (χ1n) is 9.56. The van der Waals surface area contributed by atoms with Gasteiger partial charge in [0.1, 0.15) is 0 Å². The standard InChI is InChI=1S/C20H16ClN7O2S/c21-14-6-4-12(5-7-14)19-24-25-20(30-19)31-11-17(29)22-15-3-1-2-13(10-15)18-23-26-27-28(18)16-8-9-16/h1-7,10,16H,8-9,11H2,(H,22,29). The number of hydrogen-bond acceptors (Lipinski definition) is 8. The summed E-state index contributed by atoms with van der Waals surface area (Å²) in [7, 11) is 0. The molecule has 0 spiro atoms. The fourth-order valence-corrected chi connectivity index (χ4v) is 3.68. The van der Waals surface area contributed by atoms with Crippen molar-refractivity contribution in [3.63, 3.8) is 0 Å². The molecule has 1 fully saturated rings. The van der Waals surface area contributed by atoms with E-state index in [1.807, 2.05) is 28.9 Å². The van der Waals surface area contributed by atoms with Crippen molar-refractivity contribution < 1.29 is 9.21 Å². The van der Waals surface area contributed by atoms with Crippen LogP contribution in [0.5, 0.6) is 0 Å². The number of benzene rings is 2. The van der Waals surface area contributed by atoms with Gasteiger partial charge < -0.3 is 9.73 Å². The number of hydrogen-bond donors (Lipinski definition) is 1. The SMILES string of the molecule is O=C(CSc1nnc(-c2ccc(Cl)cc2)o1)Nc1cccc(-c2nnnn2C2CC2)c1. The van der Waals surface area contributed by atoms with E-state index in [9.17, 15) is 4.79 Å². The Labute approximate surface area is 186 Å². The predicted molar refractivity (Wildman–Crippen MR) is 116 cm³/mol. The van der Waals surface area contributed by atoms with Crippen molar-refractivity contribution >= 4 is 35.0 Å². The van der Waals surface area contributed by atoms with Crippen LogP contribution in [0, 0.1) is 0 Å². The third-order valence-electron chi connectivity index (χ3n) is 4.61. The lowest BCUT2D eigenvalue weighted by Gasteiger charge is -2.07. The van der Waals surface area contributed by atoms with Crippen LogP contribution in [0.4, 0.5) is 5.69 Å². The van der Waals surface area contributed by atoms with E-state index in [4.69, 9.17) is 16.0 Å². The molecule has 0 aliphatic heterocycles. The fourth-order valence-electron chi connectivity index (χ4n) is 2.99. The lowest BCUT2D eigenvalue weighted by molar-refractivity contribution is -0.113. The minimum Gasteiger partial charge on any atom is -0.411 e. The topological polar surface area (TPSA) is 112 Å². The van der Waals surface area contributed by atoms with Crippen LogP contribution in [0.25, 0.3) is 22.8 Å². The zero-order valence-corrected chi connectivity index (χ0v) is 17.7. The summed E-state index contributed by atoms with van der Waals surface area (Å²) in [5.41, 5.74) is 2.28. The van der Waals surface area contributed by atoms with E-state index in [1.54, 1.807) is 24.3 Å². The average molecular weight is 454 g/mol. The van der Waals surface area contributed by atoms with Crippen LogP contribution in [0.2, 0.25) is 5.02 Å². The highest BCUT2D eigenvalue weighted by molar-refractivity contribution is 7.99. The lowest BCUT2D eigenvalue weighted by Crippen LogP contribution is -2.14. The van der Waals surface area contributed by atoms with Gasteiger partial charge in [-0.25, -0.2) is 4.68 Å². The minimum atomic E-state index is -0.185. The summed E-state index contributed by atoms with van der Waals surface area (Å²) < 4.78 is 7.45. The molecule has 5 rings (SSSR count). The quantitative estimate of drug-likeness (QED) is 0.416. The van der Waals surface area contributed by atoms with Crippen molar-refractivity contribution in [2.75, 3.05) is 11.1 Å². The van der Waals surface area contributed by atoms with E-state index in [0.29, 0.717) is 33.7 Å². The first-order chi connectivity index (χ1) is 15.2. The molecule has 0 radical (unpaired) electrons. The van der Waals surface area contributed by atoms with Gasteiger partial charge in [0.2, 0.25) is 11.8 Å². The molecule has 4 aromatic rings. The Morgan fingerprint density at radius 3 is 2.77 bits per heavy atom. The van der Waals surface area contributed by atoms with Crippen molar-refractivity contribution in [3.8, 4) is 22.8 Å². The minimum absolute atomic E-state index is 0.131. The molecule has 0 unspecified atom stereocenters. The number of halogens is 1. The lowest BCUT2D eigenvalue weighted by atomic mass is 10.2. The van der Waals surface area contributed by atoms with Crippen LogP contribution in [-0.4, -0.2) is 42.1 Å². The van der Waals surface area contributed by atoms with E-state index in [1.165, 1.54) is 11.8 Å². The molecule has 2 heterocycles. The van der Waals surface area contributed by atoms with E-state index in [2.05, 4.69) is 31.0 Å². The van der Waals surface area contributed by atoms with Crippen LogP contribution < -0.4 is 5.32 Å². The monoisotopic (exact) mass is 453 g/mol. The molecule has 156 valence electrons. The van der Waals surface area contributed by atoms with Gasteiger partial charge >= 0.3 is 0 Å². The Bertz CT molecular complexity index is 1220. The maximum absolute atomic E-state index is 12.4. The summed E-state index contributed by atoms with van der Waals surface area (Å²) >= 11 is 7.06. The largest absolute Gasteiger partial charge is 0.411 e. The van der Waals surface area contributed by atoms with Crippen molar-refractivity contribution in [1.29, 1.82) is 0 Å². The molecule has 0 bridgehead atoms. The Balaban J connectivity index is 1.20. The molecule has 31 heavy (non-hydrogen) atoms. The first kappa shape index (κ1) is 19.7. The molecule has 0 saturated heterocycles. The number of rotatable bonds is 7. The summed E-state index contributed by atoms with van der Waals surface area (Å²) in [4.78, 5) is 12.4. The maximum atomic E-state index is 12.4. The van der Waals surface area contributed by atoms with Gasteiger partial charge in [-0.2, -0.15) is 0 Å². The fraction of sp³-hybridized carbons (Fsp3) is 0.200. The Kier molecular flexibility index (Phi) is 5.39. The molecule has 1 aliphatic carbocycles. The van der Waals surface area contributed by atoms with Crippen molar-refractivity contribution in [3.05, 3.63) is 53.6 Å². The molecule has 1 N–H and O–H groups in total. The third kappa shape index (κ3) is 4.59. The van der Waals surface area contributed by atoms with Crippen LogP contribution in [0.15, 0.2) is 58.2 Å².